The highest BCUT2D eigenvalue weighted by Gasteiger charge is 2.24. The normalized spacial score (nSPS) is 12.8. The predicted molar refractivity (Wildman–Crippen MR) is 117 cm³/mol. The molecule has 0 saturated carbocycles. The van der Waals surface area contributed by atoms with Crippen molar-refractivity contribution >= 4 is 40.1 Å². The molecule has 0 bridgehead atoms. The Kier molecular flexibility index (Phi) is 6.18. The number of carbonyl (C=O) groups excluding carboxylic acids is 2. The number of halogens is 1. The second kappa shape index (κ2) is 9.18. The highest BCUT2D eigenvalue weighted by atomic mass is 35.5. The summed E-state index contributed by atoms with van der Waals surface area (Å²) in [6, 6.07) is 12.3. The average molecular weight is 444 g/mol. The van der Waals surface area contributed by atoms with Crippen molar-refractivity contribution in [3.63, 3.8) is 0 Å². The molecular formula is C22H22ClN3O5. The van der Waals surface area contributed by atoms with Crippen molar-refractivity contribution in [2.24, 2.45) is 0 Å². The number of amides is 1. The van der Waals surface area contributed by atoms with E-state index < -0.39 is 11.9 Å². The number of aromatic nitrogens is 1. The van der Waals surface area contributed by atoms with Crippen LogP contribution in [0.5, 0.6) is 11.5 Å². The average Bonchev–Trinajstić information content (AvgIpc) is 3.01. The molecule has 3 aromatic rings. The highest BCUT2D eigenvalue weighted by molar-refractivity contribution is 6.31. The first-order chi connectivity index (χ1) is 15.0. The third kappa shape index (κ3) is 4.69. The van der Waals surface area contributed by atoms with E-state index in [-0.39, 0.29) is 13.2 Å². The lowest BCUT2D eigenvalue weighted by molar-refractivity contribution is -0.141. The van der Waals surface area contributed by atoms with Crippen LogP contribution in [-0.2, 0) is 9.53 Å². The Bertz CT molecular complexity index is 1110. The summed E-state index contributed by atoms with van der Waals surface area (Å²) in [5.41, 5.74) is 4.38. The molecule has 0 unspecified atom stereocenters. The summed E-state index contributed by atoms with van der Waals surface area (Å²) in [5.74, 6) is 0.105. The van der Waals surface area contributed by atoms with Gasteiger partial charge in [0.25, 0.3) is 5.91 Å². The summed E-state index contributed by atoms with van der Waals surface area (Å²) in [4.78, 5) is 28.3. The van der Waals surface area contributed by atoms with E-state index >= 15 is 0 Å². The second-order valence-corrected chi connectivity index (χ2v) is 7.34. The third-order valence-electron chi connectivity index (χ3n) is 4.70. The first-order valence-corrected chi connectivity index (χ1v) is 10.3. The fraction of sp³-hybridized carbons (Fsp3) is 0.273. The van der Waals surface area contributed by atoms with Crippen LogP contribution in [0.1, 0.15) is 23.8 Å². The fourth-order valence-electron chi connectivity index (χ4n) is 3.32. The van der Waals surface area contributed by atoms with E-state index in [0.29, 0.717) is 41.1 Å². The lowest BCUT2D eigenvalue weighted by atomic mass is 10.2. The van der Waals surface area contributed by atoms with Crippen molar-refractivity contribution in [1.82, 2.24) is 10.4 Å². The molecular weight excluding hydrogens is 422 g/mol. The van der Waals surface area contributed by atoms with Crippen LogP contribution in [-0.4, -0.2) is 43.2 Å². The van der Waals surface area contributed by atoms with Crippen LogP contribution in [0.4, 0.5) is 5.69 Å². The molecule has 0 radical (unpaired) electrons. The van der Waals surface area contributed by atoms with Crippen molar-refractivity contribution < 1.29 is 23.8 Å². The lowest BCUT2D eigenvalue weighted by Gasteiger charge is -2.26. The molecule has 0 atom stereocenters. The van der Waals surface area contributed by atoms with E-state index in [9.17, 15) is 9.59 Å². The van der Waals surface area contributed by atoms with Crippen LogP contribution in [0, 0.1) is 0 Å². The molecule has 0 saturated heterocycles. The molecule has 0 aliphatic carbocycles. The van der Waals surface area contributed by atoms with Crippen LogP contribution in [0.15, 0.2) is 42.5 Å². The first kappa shape index (κ1) is 20.9. The quantitative estimate of drug-likeness (QED) is 0.446. The Morgan fingerprint density at radius 1 is 1.19 bits per heavy atom. The number of benzene rings is 2. The minimum Gasteiger partial charge on any atom is -0.489 e. The Morgan fingerprint density at radius 2 is 2.03 bits per heavy atom. The Labute approximate surface area is 184 Å². The summed E-state index contributed by atoms with van der Waals surface area (Å²) in [7, 11) is 0. The molecule has 31 heavy (non-hydrogen) atoms. The molecule has 1 aliphatic heterocycles. The number of hydrogen-bond acceptors (Lipinski definition) is 6. The monoisotopic (exact) mass is 443 g/mol. The molecule has 8 nitrogen and oxygen atoms in total. The van der Waals surface area contributed by atoms with Crippen LogP contribution in [0.2, 0.25) is 5.02 Å². The van der Waals surface area contributed by atoms with Crippen LogP contribution < -0.4 is 19.9 Å². The largest absolute Gasteiger partial charge is 0.489 e. The standard InChI is InChI=1S/C22H22ClN3O5/c1-2-29-20(27)13-26(18-5-3-6-19-21(18)31-10-4-9-30-19)25-22(28)17-12-14-11-15(23)7-8-16(14)24-17/h3,5-8,11-12,24H,2,4,9-10,13H2,1H3,(H,25,28). The van der Waals surface area contributed by atoms with Gasteiger partial charge in [0.2, 0.25) is 0 Å². The number of carbonyl (C=O) groups is 2. The molecule has 2 heterocycles. The van der Waals surface area contributed by atoms with Crippen LogP contribution >= 0.6 is 11.6 Å². The number of esters is 1. The molecule has 1 aliphatic rings. The van der Waals surface area contributed by atoms with Gasteiger partial charge in [0, 0.05) is 22.3 Å². The van der Waals surface area contributed by atoms with Crippen molar-refractivity contribution in [1.29, 1.82) is 0 Å². The summed E-state index contributed by atoms with van der Waals surface area (Å²) in [5, 5.41) is 2.79. The van der Waals surface area contributed by atoms with Gasteiger partial charge < -0.3 is 19.2 Å². The maximum Gasteiger partial charge on any atom is 0.327 e. The number of hydrazine groups is 1. The van der Waals surface area contributed by atoms with E-state index in [0.717, 1.165) is 17.3 Å². The highest BCUT2D eigenvalue weighted by Crippen LogP contribution is 2.38. The molecule has 1 aromatic heterocycles. The van der Waals surface area contributed by atoms with Gasteiger partial charge in [-0.15, -0.1) is 0 Å². The number of hydrogen-bond donors (Lipinski definition) is 2. The number of rotatable bonds is 6. The molecule has 0 fully saturated rings. The van der Waals surface area contributed by atoms with Gasteiger partial charge in [0.1, 0.15) is 17.9 Å². The number of aromatic amines is 1. The van der Waals surface area contributed by atoms with Crippen molar-refractivity contribution in [2.45, 2.75) is 13.3 Å². The van der Waals surface area contributed by atoms with Gasteiger partial charge >= 0.3 is 5.97 Å². The van der Waals surface area contributed by atoms with E-state index in [1.165, 1.54) is 5.01 Å². The number of nitrogens with one attached hydrogen (secondary N) is 2. The number of H-pyrrole nitrogens is 1. The number of nitrogens with zero attached hydrogens (tertiary/aromatic N) is 1. The molecule has 1 amide bonds. The molecule has 2 N–H and O–H groups in total. The zero-order valence-corrected chi connectivity index (χ0v) is 17.7. The van der Waals surface area contributed by atoms with Gasteiger partial charge in [-0.05, 0) is 43.3 Å². The van der Waals surface area contributed by atoms with Crippen molar-refractivity contribution in [2.75, 3.05) is 31.4 Å². The van der Waals surface area contributed by atoms with E-state index in [1.807, 2.05) is 0 Å². The summed E-state index contributed by atoms with van der Waals surface area (Å²) >= 11 is 6.04. The molecule has 2 aromatic carbocycles. The summed E-state index contributed by atoms with van der Waals surface area (Å²) < 4.78 is 16.7. The van der Waals surface area contributed by atoms with Gasteiger partial charge in [0.15, 0.2) is 11.5 Å². The van der Waals surface area contributed by atoms with Gasteiger partial charge in [-0.25, -0.2) is 0 Å². The van der Waals surface area contributed by atoms with Gasteiger partial charge in [-0.1, -0.05) is 17.7 Å². The minimum absolute atomic E-state index is 0.203. The third-order valence-corrected chi connectivity index (χ3v) is 4.93. The smallest absolute Gasteiger partial charge is 0.327 e. The van der Waals surface area contributed by atoms with Crippen molar-refractivity contribution in [3.05, 3.63) is 53.2 Å². The zero-order valence-electron chi connectivity index (χ0n) is 16.9. The number of fused-ring (bicyclic) bond motifs is 2. The Balaban J connectivity index is 1.65. The van der Waals surface area contributed by atoms with E-state index in [1.54, 1.807) is 49.4 Å². The number of para-hydroxylation sites is 1. The second-order valence-electron chi connectivity index (χ2n) is 6.90. The van der Waals surface area contributed by atoms with Crippen molar-refractivity contribution in [3.8, 4) is 11.5 Å². The zero-order chi connectivity index (χ0) is 21.8. The number of anilines is 1. The minimum atomic E-state index is -0.488. The number of ether oxygens (including phenoxy) is 3. The summed E-state index contributed by atoms with van der Waals surface area (Å²) in [6.45, 7) is 2.75. The van der Waals surface area contributed by atoms with Crippen LogP contribution in [0.3, 0.4) is 0 Å². The Hall–Kier alpha value is -3.39. The summed E-state index contributed by atoms with van der Waals surface area (Å²) in [6.07, 6.45) is 0.732. The molecule has 162 valence electrons. The topological polar surface area (TPSA) is 92.9 Å². The Morgan fingerprint density at radius 3 is 2.87 bits per heavy atom. The lowest BCUT2D eigenvalue weighted by Crippen LogP contribution is -2.46. The van der Waals surface area contributed by atoms with E-state index in [2.05, 4.69) is 10.4 Å². The predicted octanol–water partition coefficient (Wildman–Crippen LogP) is 3.70. The maximum absolute atomic E-state index is 13.0. The molecule has 9 heteroatoms. The van der Waals surface area contributed by atoms with Gasteiger partial charge in [-0.2, -0.15) is 0 Å². The maximum atomic E-state index is 13.0. The fourth-order valence-corrected chi connectivity index (χ4v) is 3.50. The molecule has 4 rings (SSSR count). The molecule has 0 spiro atoms. The van der Waals surface area contributed by atoms with Gasteiger partial charge in [0.05, 0.1) is 19.8 Å². The van der Waals surface area contributed by atoms with Crippen LogP contribution in [0.25, 0.3) is 10.9 Å². The van der Waals surface area contributed by atoms with Gasteiger partial charge in [-0.3, -0.25) is 20.0 Å². The van der Waals surface area contributed by atoms with E-state index in [4.69, 9.17) is 25.8 Å². The first-order valence-electron chi connectivity index (χ1n) is 9.96. The SMILES string of the molecule is CCOC(=O)CN(NC(=O)c1cc2cc(Cl)ccc2[nH]1)c1cccc2c1OCCCO2.